The van der Waals surface area contributed by atoms with Crippen LogP contribution >= 0.6 is 0 Å². The lowest BCUT2D eigenvalue weighted by Gasteiger charge is -2.12. The monoisotopic (exact) mass is 284 g/mol. The lowest BCUT2D eigenvalue weighted by atomic mass is 10.0. The standard InChI is InChI=1S/C17H20N2O2/c18-16(14-7-3-1-4-8-14)13-17(20)19-11-12-21-15-9-5-2-6-10-15/h1-10,16H,11-13,18H2,(H,19,20). The number of amides is 1. The van der Waals surface area contributed by atoms with Crippen LogP contribution in [-0.4, -0.2) is 19.1 Å². The van der Waals surface area contributed by atoms with Crippen LogP contribution in [-0.2, 0) is 4.79 Å². The molecule has 2 aromatic carbocycles. The summed E-state index contributed by atoms with van der Waals surface area (Å²) in [4.78, 5) is 11.8. The summed E-state index contributed by atoms with van der Waals surface area (Å²) in [5, 5.41) is 2.81. The van der Waals surface area contributed by atoms with E-state index in [2.05, 4.69) is 5.32 Å². The van der Waals surface area contributed by atoms with Gasteiger partial charge in [0.15, 0.2) is 0 Å². The van der Waals surface area contributed by atoms with Crippen molar-refractivity contribution in [1.29, 1.82) is 0 Å². The highest BCUT2D eigenvalue weighted by Gasteiger charge is 2.10. The molecule has 1 unspecified atom stereocenters. The van der Waals surface area contributed by atoms with Gasteiger partial charge >= 0.3 is 0 Å². The van der Waals surface area contributed by atoms with E-state index in [0.717, 1.165) is 11.3 Å². The second-order valence-corrected chi connectivity index (χ2v) is 4.73. The van der Waals surface area contributed by atoms with Crippen molar-refractivity contribution in [3.63, 3.8) is 0 Å². The normalized spacial score (nSPS) is 11.7. The first-order chi connectivity index (χ1) is 10.3. The molecule has 110 valence electrons. The molecule has 2 rings (SSSR count). The van der Waals surface area contributed by atoms with Crippen LogP contribution in [0.5, 0.6) is 5.75 Å². The molecule has 0 aliphatic rings. The van der Waals surface area contributed by atoms with E-state index in [1.54, 1.807) is 0 Å². The van der Waals surface area contributed by atoms with E-state index in [0.29, 0.717) is 13.2 Å². The Morgan fingerprint density at radius 3 is 2.33 bits per heavy atom. The average Bonchev–Trinajstić information content (AvgIpc) is 2.53. The zero-order chi connectivity index (χ0) is 14.9. The Labute approximate surface area is 124 Å². The van der Waals surface area contributed by atoms with Crippen molar-refractivity contribution in [2.75, 3.05) is 13.2 Å². The third kappa shape index (κ3) is 5.28. The van der Waals surface area contributed by atoms with Gasteiger partial charge in [-0.15, -0.1) is 0 Å². The first-order valence-electron chi connectivity index (χ1n) is 7.01. The van der Waals surface area contributed by atoms with Crippen molar-refractivity contribution >= 4 is 5.91 Å². The second-order valence-electron chi connectivity index (χ2n) is 4.73. The highest BCUT2D eigenvalue weighted by molar-refractivity contribution is 5.76. The zero-order valence-corrected chi connectivity index (χ0v) is 11.9. The molecule has 0 saturated carbocycles. The maximum Gasteiger partial charge on any atom is 0.222 e. The quantitative estimate of drug-likeness (QED) is 0.767. The molecular weight excluding hydrogens is 264 g/mol. The van der Waals surface area contributed by atoms with Gasteiger partial charge in [-0.05, 0) is 17.7 Å². The maximum absolute atomic E-state index is 11.8. The first-order valence-corrected chi connectivity index (χ1v) is 7.01. The third-order valence-electron chi connectivity index (χ3n) is 3.07. The highest BCUT2D eigenvalue weighted by Crippen LogP contribution is 2.12. The molecule has 0 heterocycles. The van der Waals surface area contributed by atoms with Gasteiger partial charge in [-0.2, -0.15) is 0 Å². The second kappa shape index (κ2) is 8.07. The fourth-order valence-corrected chi connectivity index (χ4v) is 1.97. The van der Waals surface area contributed by atoms with Gasteiger partial charge in [0.1, 0.15) is 12.4 Å². The molecule has 4 heteroatoms. The van der Waals surface area contributed by atoms with E-state index in [9.17, 15) is 4.79 Å². The molecule has 0 saturated heterocycles. The minimum Gasteiger partial charge on any atom is -0.492 e. The van der Waals surface area contributed by atoms with Crippen molar-refractivity contribution in [2.45, 2.75) is 12.5 Å². The van der Waals surface area contributed by atoms with Crippen molar-refractivity contribution in [2.24, 2.45) is 5.73 Å². The lowest BCUT2D eigenvalue weighted by Crippen LogP contribution is -2.30. The topological polar surface area (TPSA) is 64.4 Å². The van der Waals surface area contributed by atoms with Crippen LogP contribution in [0.15, 0.2) is 60.7 Å². The van der Waals surface area contributed by atoms with Gasteiger partial charge in [0, 0.05) is 12.5 Å². The fourth-order valence-electron chi connectivity index (χ4n) is 1.97. The van der Waals surface area contributed by atoms with E-state index in [1.807, 2.05) is 60.7 Å². The molecular formula is C17H20N2O2. The summed E-state index contributed by atoms with van der Waals surface area (Å²) in [5.74, 6) is 0.732. The summed E-state index contributed by atoms with van der Waals surface area (Å²) in [6.45, 7) is 0.908. The Hall–Kier alpha value is -2.33. The molecule has 21 heavy (non-hydrogen) atoms. The fraction of sp³-hybridized carbons (Fsp3) is 0.235. The number of rotatable bonds is 7. The van der Waals surface area contributed by atoms with Gasteiger partial charge in [0.05, 0.1) is 6.54 Å². The number of nitrogens with one attached hydrogen (secondary N) is 1. The molecule has 0 fully saturated rings. The van der Waals surface area contributed by atoms with Crippen molar-refractivity contribution in [3.05, 3.63) is 66.2 Å². The zero-order valence-electron chi connectivity index (χ0n) is 11.9. The summed E-state index contributed by atoms with van der Waals surface area (Å²) in [5.41, 5.74) is 6.97. The number of para-hydroxylation sites is 1. The summed E-state index contributed by atoms with van der Waals surface area (Å²) >= 11 is 0. The van der Waals surface area contributed by atoms with E-state index in [1.165, 1.54) is 0 Å². The Balaban J connectivity index is 1.66. The number of ether oxygens (including phenoxy) is 1. The molecule has 0 spiro atoms. The largest absolute Gasteiger partial charge is 0.492 e. The van der Waals surface area contributed by atoms with E-state index in [-0.39, 0.29) is 18.4 Å². The highest BCUT2D eigenvalue weighted by atomic mass is 16.5. The Bertz CT molecular complexity index is 543. The number of hydrogen-bond donors (Lipinski definition) is 2. The van der Waals surface area contributed by atoms with E-state index >= 15 is 0 Å². The van der Waals surface area contributed by atoms with Crippen LogP contribution in [0.1, 0.15) is 18.0 Å². The molecule has 0 aliphatic heterocycles. The van der Waals surface area contributed by atoms with Crippen LogP contribution < -0.4 is 15.8 Å². The number of nitrogens with two attached hydrogens (primary N) is 1. The molecule has 1 amide bonds. The van der Waals surface area contributed by atoms with Crippen LogP contribution in [0.2, 0.25) is 0 Å². The number of benzene rings is 2. The molecule has 0 radical (unpaired) electrons. The van der Waals surface area contributed by atoms with E-state index < -0.39 is 0 Å². The van der Waals surface area contributed by atoms with Gasteiger partial charge in [-0.1, -0.05) is 48.5 Å². The van der Waals surface area contributed by atoms with Gasteiger partial charge in [-0.3, -0.25) is 4.79 Å². The molecule has 1 atom stereocenters. The molecule has 2 aromatic rings. The summed E-state index contributed by atoms with van der Waals surface area (Å²) in [7, 11) is 0. The predicted octanol–water partition coefficient (Wildman–Crippen LogP) is 2.27. The first kappa shape index (κ1) is 15.1. The molecule has 0 bridgehead atoms. The van der Waals surface area contributed by atoms with Crippen molar-refractivity contribution in [1.82, 2.24) is 5.32 Å². The Morgan fingerprint density at radius 2 is 1.67 bits per heavy atom. The van der Waals surface area contributed by atoms with Gasteiger partial charge in [0.2, 0.25) is 5.91 Å². The summed E-state index contributed by atoms with van der Waals surface area (Å²) in [6, 6.07) is 18.9. The van der Waals surface area contributed by atoms with Crippen LogP contribution in [0, 0.1) is 0 Å². The Morgan fingerprint density at radius 1 is 1.05 bits per heavy atom. The van der Waals surface area contributed by atoms with E-state index in [4.69, 9.17) is 10.5 Å². The number of hydrogen-bond acceptors (Lipinski definition) is 3. The van der Waals surface area contributed by atoms with Crippen LogP contribution in [0.25, 0.3) is 0 Å². The third-order valence-corrected chi connectivity index (χ3v) is 3.07. The molecule has 3 N–H and O–H groups in total. The Kier molecular flexibility index (Phi) is 5.79. The van der Waals surface area contributed by atoms with Crippen molar-refractivity contribution in [3.8, 4) is 5.75 Å². The minimum atomic E-state index is -0.277. The summed E-state index contributed by atoms with van der Waals surface area (Å²) in [6.07, 6.45) is 0.273. The van der Waals surface area contributed by atoms with Crippen LogP contribution in [0.4, 0.5) is 0 Å². The number of carbonyl (C=O) groups excluding carboxylic acids is 1. The molecule has 0 aliphatic carbocycles. The lowest BCUT2D eigenvalue weighted by molar-refractivity contribution is -0.121. The smallest absolute Gasteiger partial charge is 0.222 e. The van der Waals surface area contributed by atoms with Gasteiger partial charge in [-0.25, -0.2) is 0 Å². The SMILES string of the molecule is NC(CC(=O)NCCOc1ccccc1)c1ccccc1. The van der Waals surface area contributed by atoms with Gasteiger partial charge < -0.3 is 15.8 Å². The summed E-state index contributed by atoms with van der Waals surface area (Å²) < 4.78 is 5.50. The van der Waals surface area contributed by atoms with Crippen molar-refractivity contribution < 1.29 is 9.53 Å². The van der Waals surface area contributed by atoms with Crippen LogP contribution in [0.3, 0.4) is 0 Å². The maximum atomic E-state index is 11.8. The molecule has 0 aromatic heterocycles. The van der Waals surface area contributed by atoms with Gasteiger partial charge in [0.25, 0.3) is 0 Å². The minimum absolute atomic E-state index is 0.0667. The average molecular weight is 284 g/mol. The number of carbonyl (C=O) groups is 1. The predicted molar refractivity (Wildman–Crippen MR) is 82.9 cm³/mol. The molecule has 4 nitrogen and oxygen atoms in total.